The van der Waals surface area contributed by atoms with Crippen LogP contribution in [0.1, 0.15) is 41.0 Å². The smallest absolute Gasteiger partial charge is 0.107 e. The van der Waals surface area contributed by atoms with Crippen LogP contribution < -0.4 is 0 Å². The van der Waals surface area contributed by atoms with Gasteiger partial charge in [0.25, 0.3) is 0 Å². The topological polar surface area (TPSA) is 27.7 Å². The van der Waals surface area contributed by atoms with Crippen molar-refractivity contribution in [1.82, 2.24) is 0 Å². The summed E-state index contributed by atoms with van der Waals surface area (Å²) >= 11 is 0. The Labute approximate surface area is 93.1 Å². The van der Waals surface area contributed by atoms with Crippen molar-refractivity contribution in [2.75, 3.05) is 6.61 Å². The highest BCUT2D eigenvalue weighted by Crippen LogP contribution is 2.24. The summed E-state index contributed by atoms with van der Waals surface area (Å²) in [5.74, 6) is 0. The van der Waals surface area contributed by atoms with E-state index in [9.17, 15) is 0 Å². The Hall–Kier alpha value is -0.120. The summed E-state index contributed by atoms with van der Waals surface area (Å²) in [6, 6.07) is 0. The first-order valence-electron chi connectivity index (χ1n) is 5.91. The highest BCUT2D eigenvalue weighted by atomic mass is 16.6. The van der Waals surface area contributed by atoms with Crippen LogP contribution in [0, 0.1) is 0 Å². The molecule has 1 fully saturated rings. The lowest BCUT2D eigenvalue weighted by molar-refractivity contribution is -0.0852. The quantitative estimate of drug-likeness (QED) is 0.706. The van der Waals surface area contributed by atoms with Gasteiger partial charge in [-0.2, -0.15) is 0 Å². The second-order valence-corrected chi connectivity index (χ2v) is 4.83. The highest BCUT2D eigenvalue weighted by Gasteiger charge is 2.34. The van der Waals surface area contributed by atoms with Gasteiger partial charge in [0, 0.05) is 6.42 Å². The molecule has 1 aliphatic heterocycles. The maximum atomic E-state index is 5.82. The summed E-state index contributed by atoms with van der Waals surface area (Å²) in [5.41, 5.74) is 0. The second-order valence-electron chi connectivity index (χ2n) is 4.83. The number of ether oxygens (including phenoxy) is 3. The first-order valence-corrected chi connectivity index (χ1v) is 5.91. The third-order valence-corrected chi connectivity index (χ3v) is 2.43. The molecule has 3 atom stereocenters. The molecule has 90 valence electrons. The van der Waals surface area contributed by atoms with E-state index in [0.717, 1.165) is 6.42 Å². The van der Waals surface area contributed by atoms with E-state index in [1.54, 1.807) is 0 Å². The van der Waals surface area contributed by atoms with Crippen molar-refractivity contribution in [3.05, 3.63) is 0 Å². The molecule has 0 N–H and O–H groups in total. The van der Waals surface area contributed by atoms with Crippen molar-refractivity contribution in [3.8, 4) is 0 Å². The predicted molar refractivity (Wildman–Crippen MR) is 60.0 cm³/mol. The van der Waals surface area contributed by atoms with Crippen LogP contribution in [0.2, 0.25) is 0 Å². The van der Waals surface area contributed by atoms with Crippen molar-refractivity contribution >= 4 is 0 Å². The molecule has 1 rings (SSSR count). The molecular formula is C12H24O3. The SMILES string of the molecule is CC(C)OC[C@@H]1O[C@H](C)C[C@@H]1OC(C)C. The van der Waals surface area contributed by atoms with Crippen molar-refractivity contribution < 1.29 is 14.2 Å². The average molecular weight is 216 g/mol. The molecule has 0 bridgehead atoms. The zero-order valence-corrected chi connectivity index (χ0v) is 10.5. The van der Waals surface area contributed by atoms with Crippen LogP contribution in [-0.2, 0) is 14.2 Å². The average Bonchev–Trinajstić information content (AvgIpc) is 2.41. The van der Waals surface area contributed by atoms with Gasteiger partial charge in [-0.1, -0.05) is 0 Å². The lowest BCUT2D eigenvalue weighted by Gasteiger charge is -2.22. The van der Waals surface area contributed by atoms with Crippen LogP contribution in [0.5, 0.6) is 0 Å². The third-order valence-electron chi connectivity index (χ3n) is 2.43. The molecule has 0 aromatic rings. The van der Waals surface area contributed by atoms with Crippen molar-refractivity contribution in [3.63, 3.8) is 0 Å². The van der Waals surface area contributed by atoms with Gasteiger partial charge in [0.15, 0.2) is 0 Å². The molecule has 15 heavy (non-hydrogen) atoms. The van der Waals surface area contributed by atoms with E-state index in [2.05, 4.69) is 20.8 Å². The van der Waals surface area contributed by atoms with Crippen molar-refractivity contribution in [2.45, 2.75) is 71.6 Å². The Kier molecular flexibility index (Phi) is 5.03. The van der Waals surface area contributed by atoms with Crippen molar-refractivity contribution in [1.29, 1.82) is 0 Å². The zero-order valence-electron chi connectivity index (χ0n) is 10.5. The summed E-state index contributed by atoms with van der Waals surface area (Å²) in [4.78, 5) is 0. The van der Waals surface area contributed by atoms with Gasteiger partial charge in [-0.15, -0.1) is 0 Å². The first-order chi connectivity index (χ1) is 6.99. The molecule has 0 aromatic carbocycles. The second kappa shape index (κ2) is 5.83. The van der Waals surface area contributed by atoms with E-state index in [1.807, 2.05) is 13.8 Å². The lowest BCUT2D eigenvalue weighted by atomic mass is 10.1. The van der Waals surface area contributed by atoms with Gasteiger partial charge >= 0.3 is 0 Å². The fourth-order valence-electron chi connectivity index (χ4n) is 1.85. The normalized spacial score (nSPS) is 31.8. The Morgan fingerprint density at radius 2 is 1.87 bits per heavy atom. The van der Waals surface area contributed by atoms with Gasteiger partial charge in [0.2, 0.25) is 0 Å². The maximum Gasteiger partial charge on any atom is 0.107 e. The molecule has 3 heteroatoms. The number of hydrogen-bond donors (Lipinski definition) is 0. The fraction of sp³-hybridized carbons (Fsp3) is 1.00. The van der Waals surface area contributed by atoms with E-state index in [-0.39, 0.29) is 30.5 Å². The molecule has 1 aliphatic rings. The minimum absolute atomic E-state index is 0.102. The molecule has 0 aliphatic carbocycles. The predicted octanol–water partition coefficient (Wildman–Crippen LogP) is 2.38. The summed E-state index contributed by atoms with van der Waals surface area (Å²) in [6.07, 6.45) is 2.07. The van der Waals surface area contributed by atoms with E-state index >= 15 is 0 Å². The monoisotopic (exact) mass is 216 g/mol. The van der Waals surface area contributed by atoms with Crippen LogP contribution >= 0.6 is 0 Å². The molecule has 1 heterocycles. The highest BCUT2D eigenvalue weighted by molar-refractivity contribution is 4.82. The lowest BCUT2D eigenvalue weighted by Crippen LogP contribution is -2.32. The largest absolute Gasteiger partial charge is 0.376 e. The number of rotatable bonds is 5. The first kappa shape index (κ1) is 12.9. The molecule has 0 unspecified atom stereocenters. The van der Waals surface area contributed by atoms with Crippen molar-refractivity contribution in [2.24, 2.45) is 0 Å². The molecule has 1 saturated heterocycles. The number of hydrogen-bond acceptors (Lipinski definition) is 3. The maximum absolute atomic E-state index is 5.82. The molecule has 3 nitrogen and oxygen atoms in total. The van der Waals surface area contributed by atoms with Gasteiger partial charge in [0.05, 0.1) is 31.0 Å². The van der Waals surface area contributed by atoms with E-state index in [4.69, 9.17) is 14.2 Å². The molecule has 0 spiro atoms. The Balaban J connectivity index is 2.38. The minimum Gasteiger partial charge on any atom is -0.376 e. The van der Waals surface area contributed by atoms with Crippen LogP contribution in [-0.4, -0.2) is 37.1 Å². The van der Waals surface area contributed by atoms with Gasteiger partial charge in [0.1, 0.15) is 6.10 Å². The Morgan fingerprint density at radius 1 is 1.20 bits per heavy atom. The summed E-state index contributed by atoms with van der Waals surface area (Å²) in [5, 5.41) is 0. The Morgan fingerprint density at radius 3 is 2.40 bits per heavy atom. The molecule has 0 amide bonds. The van der Waals surface area contributed by atoms with Crippen LogP contribution in [0.4, 0.5) is 0 Å². The van der Waals surface area contributed by atoms with E-state index < -0.39 is 0 Å². The van der Waals surface area contributed by atoms with Gasteiger partial charge in [-0.3, -0.25) is 0 Å². The third kappa shape index (κ3) is 4.49. The Bertz CT molecular complexity index is 180. The van der Waals surface area contributed by atoms with Crippen LogP contribution in [0.25, 0.3) is 0 Å². The summed E-state index contributed by atoms with van der Waals surface area (Å²) < 4.78 is 17.2. The molecular weight excluding hydrogens is 192 g/mol. The zero-order chi connectivity index (χ0) is 11.4. The minimum atomic E-state index is 0.102. The summed E-state index contributed by atoms with van der Waals surface area (Å²) in [7, 11) is 0. The fourth-order valence-corrected chi connectivity index (χ4v) is 1.85. The van der Waals surface area contributed by atoms with Gasteiger partial charge in [-0.05, 0) is 34.6 Å². The van der Waals surface area contributed by atoms with E-state index in [1.165, 1.54) is 0 Å². The molecule has 0 aromatic heterocycles. The van der Waals surface area contributed by atoms with Gasteiger partial charge < -0.3 is 14.2 Å². The summed E-state index contributed by atoms with van der Waals surface area (Å²) in [6.45, 7) is 10.9. The van der Waals surface area contributed by atoms with E-state index in [0.29, 0.717) is 6.61 Å². The van der Waals surface area contributed by atoms with Crippen LogP contribution in [0.3, 0.4) is 0 Å². The van der Waals surface area contributed by atoms with Gasteiger partial charge in [-0.25, -0.2) is 0 Å². The van der Waals surface area contributed by atoms with Crippen LogP contribution in [0.15, 0.2) is 0 Å². The standard InChI is InChI=1S/C12H24O3/c1-8(2)13-7-12-11(14-9(3)4)6-10(5)15-12/h8-12H,6-7H2,1-5H3/t10-,11+,12+/m1/s1. The molecule has 0 saturated carbocycles. The molecule has 0 radical (unpaired) electrons.